The van der Waals surface area contributed by atoms with Crippen molar-refractivity contribution in [2.45, 2.75) is 39.2 Å². The molecule has 1 N–H and O–H groups in total. The molecule has 1 saturated carbocycles. The first kappa shape index (κ1) is 12.9. The zero-order valence-electron chi connectivity index (χ0n) is 11.1. The van der Waals surface area contributed by atoms with Gasteiger partial charge in [-0.1, -0.05) is 31.2 Å². The summed E-state index contributed by atoms with van der Waals surface area (Å²) in [7, 11) is 0. The predicted molar refractivity (Wildman–Crippen MR) is 75.2 cm³/mol. The number of amides is 1. The van der Waals surface area contributed by atoms with Crippen LogP contribution in [-0.2, 0) is 4.79 Å². The van der Waals surface area contributed by atoms with Gasteiger partial charge in [0.1, 0.15) is 0 Å². The maximum Gasteiger partial charge on any atom is 0.244 e. The first-order chi connectivity index (χ1) is 8.65. The molecular formula is C16H21NO. The first-order valence-electron chi connectivity index (χ1n) is 6.69. The highest BCUT2D eigenvalue weighted by Gasteiger charge is 2.21. The molecule has 96 valence electrons. The average molecular weight is 243 g/mol. The third-order valence-electron chi connectivity index (χ3n) is 3.64. The largest absolute Gasteiger partial charge is 0.350 e. The lowest BCUT2D eigenvalue weighted by molar-refractivity contribution is -0.117. The van der Waals surface area contributed by atoms with E-state index in [9.17, 15) is 4.79 Å². The molecule has 0 heterocycles. The Labute approximate surface area is 109 Å². The van der Waals surface area contributed by atoms with E-state index in [0.717, 1.165) is 24.3 Å². The van der Waals surface area contributed by atoms with Gasteiger partial charge in [-0.3, -0.25) is 4.79 Å². The van der Waals surface area contributed by atoms with E-state index in [2.05, 4.69) is 25.2 Å². The fourth-order valence-electron chi connectivity index (χ4n) is 2.53. The summed E-state index contributed by atoms with van der Waals surface area (Å²) in [6.07, 6.45) is 7.00. The van der Waals surface area contributed by atoms with Gasteiger partial charge in [-0.15, -0.1) is 0 Å². The summed E-state index contributed by atoms with van der Waals surface area (Å²) < 4.78 is 0. The molecule has 1 aliphatic rings. The van der Waals surface area contributed by atoms with Gasteiger partial charge in [0.15, 0.2) is 0 Å². The third kappa shape index (κ3) is 3.46. The van der Waals surface area contributed by atoms with Crippen molar-refractivity contribution in [2.75, 3.05) is 0 Å². The van der Waals surface area contributed by atoms with E-state index in [4.69, 9.17) is 0 Å². The molecule has 2 nitrogen and oxygen atoms in total. The number of carbonyl (C=O) groups excluding carboxylic acids is 1. The summed E-state index contributed by atoms with van der Waals surface area (Å²) in [5, 5.41) is 3.07. The normalized spacial score (nSPS) is 23.4. The van der Waals surface area contributed by atoms with E-state index in [1.807, 2.05) is 24.3 Å². The van der Waals surface area contributed by atoms with E-state index in [1.165, 1.54) is 12.0 Å². The number of hydrogen-bond donors (Lipinski definition) is 1. The molecule has 0 radical (unpaired) electrons. The molecule has 2 unspecified atom stereocenters. The van der Waals surface area contributed by atoms with Gasteiger partial charge in [0, 0.05) is 12.1 Å². The highest BCUT2D eigenvalue weighted by Crippen LogP contribution is 2.24. The van der Waals surface area contributed by atoms with Gasteiger partial charge >= 0.3 is 0 Å². The Kier molecular flexibility index (Phi) is 4.19. The number of benzene rings is 1. The van der Waals surface area contributed by atoms with Crippen LogP contribution in [0.3, 0.4) is 0 Å². The van der Waals surface area contributed by atoms with Crippen molar-refractivity contribution in [1.82, 2.24) is 5.32 Å². The van der Waals surface area contributed by atoms with Crippen molar-refractivity contribution in [3.8, 4) is 0 Å². The third-order valence-corrected chi connectivity index (χ3v) is 3.64. The van der Waals surface area contributed by atoms with Crippen LogP contribution in [0.2, 0.25) is 0 Å². The number of hydrogen-bond acceptors (Lipinski definition) is 1. The van der Waals surface area contributed by atoms with Crippen LogP contribution in [-0.4, -0.2) is 11.9 Å². The second-order valence-electron chi connectivity index (χ2n) is 5.31. The standard InChI is InChI=1S/C16H21NO/c1-12-7-9-15(11-12)17-16(18)10-8-14-6-4-3-5-13(14)2/h3-6,8,10,12,15H,7,9,11H2,1-2H3,(H,17,18)/b10-8+. The van der Waals surface area contributed by atoms with Crippen molar-refractivity contribution in [3.05, 3.63) is 41.5 Å². The minimum absolute atomic E-state index is 0.0253. The quantitative estimate of drug-likeness (QED) is 0.811. The smallest absolute Gasteiger partial charge is 0.244 e. The van der Waals surface area contributed by atoms with Gasteiger partial charge in [-0.2, -0.15) is 0 Å². The molecule has 1 aliphatic carbocycles. The highest BCUT2D eigenvalue weighted by molar-refractivity contribution is 5.92. The lowest BCUT2D eigenvalue weighted by Gasteiger charge is -2.10. The molecule has 1 aromatic carbocycles. The van der Waals surface area contributed by atoms with Gasteiger partial charge in [-0.25, -0.2) is 0 Å². The summed E-state index contributed by atoms with van der Waals surface area (Å²) in [6, 6.07) is 8.44. The number of nitrogens with one attached hydrogen (secondary N) is 1. The molecule has 0 spiro atoms. The van der Waals surface area contributed by atoms with Crippen LogP contribution in [0.25, 0.3) is 6.08 Å². The summed E-state index contributed by atoms with van der Waals surface area (Å²) in [4.78, 5) is 11.8. The van der Waals surface area contributed by atoms with Crippen molar-refractivity contribution in [3.63, 3.8) is 0 Å². The highest BCUT2D eigenvalue weighted by atomic mass is 16.1. The van der Waals surface area contributed by atoms with Crippen LogP contribution in [0.15, 0.2) is 30.3 Å². The van der Waals surface area contributed by atoms with Gasteiger partial charge < -0.3 is 5.32 Å². The van der Waals surface area contributed by atoms with Crippen molar-refractivity contribution in [2.24, 2.45) is 5.92 Å². The van der Waals surface area contributed by atoms with E-state index >= 15 is 0 Å². The van der Waals surface area contributed by atoms with Crippen LogP contribution < -0.4 is 5.32 Å². The maximum atomic E-state index is 11.8. The zero-order valence-corrected chi connectivity index (χ0v) is 11.1. The molecular weight excluding hydrogens is 222 g/mol. The average Bonchev–Trinajstić information content (AvgIpc) is 2.74. The maximum absolute atomic E-state index is 11.8. The van der Waals surface area contributed by atoms with Crippen molar-refractivity contribution < 1.29 is 4.79 Å². The topological polar surface area (TPSA) is 29.1 Å². The molecule has 2 rings (SSSR count). The number of rotatable bonds is 3. The number of aryl methyl sites for hydroxylation is 1. The lowest BCUT2D eigenvalue weighted by atomic mass is 10.1. The molecule has 2 atom stereocenters. The summed E-state index contributed by atoms with van der Waals surface area (Å²) in [5.74, 6) is 0.771. The van der Waals surface area contributed by atoms with Gasteiger partial charge in [0.05, 0.1) is 0 Å². The monoisotopic (exact) mass is 243 g/mol. The molecule has 0 aliphatic heterocycles. The van der Waals surface area contributed by atoms with E-state index in [1.54, 1.807) is 6.08 Å². The number of carbonyl (C=O) groups is 1. The molecule has 1 fully saturated rings. The van der Waals surface area contributed by atoms with E-state index in [0.29, 0.717) is 6.04 Å². The van der Waals surface area contributed by atoms with E-state index in [-0.39, 0.29) is 5.91 Å². The Morgan fingerprint density at radius 1 is 1.33 bits per heavy atom. The summed E-state index contributed by atoms with van der Waals surface area (Å²) in [5.41, 5.74) is 2.29. The van der Waals surface area contributed by atoms with Crippen LogP contribution >= 0.6 is 0 Å². The van der Waals surface area contributed by atoms with Gasteiger partial charge in [0.2, 0.25) is 5.91 Å². The second kappa shape index (κ2) is 5.85. The van der Waals surface area contributed by atoms with Crippen LogP contribution in [0.5, 0.6) is 0 Å². The van der Waals surface area contributed by atoms with Crippen LogP contribution in [0.1, 0.15) is 37.3 Å². The molecule has 0 aromatic heterocycles. The van der Waals surface area contributed by atoms with Crippen molar-refractivity contribution in [1.29, 1.82) is 0 Å². The summed E-state index contributed by atoms with van der Waals surface area (Å²) in [6.45, 7) is 4.30. The Morgan fingerprint density at radius 3 is 2.78 bits per heavy atom. The second-order valence-corrected chi connectivity index (χ2v) is 5.31. The molecule has 1 amide bonds. The Morgan fingerprint density at radius 2 is 2.11 bits per heavy atom. The van der Waals surface area contributed by atoms with Gasteiger partial charge in [-0.05, 0) is 49.3 Å². The van der Waals surface area contributed by atoms with Crippen molar-refractivity contribution >= 4 is 12.0 Å². The molecule has 2 heteroatoms. The van der Waals surface area contributed by atoms with Crippen LogP contribution in [0, 0.1) is 12.8 Å². The first-order valence-corrected chi connectivity index (χ1v) is 6.69. The SMILES string of the molecule is Cc1ccccc1/C=C/C(=O)NC1CCC(C)C1. The summed E-state index contributed by atoms with van der Waals surface area (Å²) >= 11 is 0. The zero-order chi connectivity index (χ0) is 13.0. The Balaban J connectivity index is 1.89. The minimum atomic E-state index is 0.0253. The molecule has 0 bridgehead atoms. The fourth-order valence-corrected chi connectivity index (χ4v) is 2.53. The Hall–Kier alpha value is -1.57. The molecule has 0 saturated heterocycles. The van der Waals surface area contributed by atoms with E-state index < -0.39 is 0 Å². The van der Waals surface area contributed by atoms with Crippen LogP contribution in [0.4, 0.5) is 0 Å². The molecule has 1 aromatic rings. The van der Waals surface area contributed by atoms with Gasteiger partial charge in [0.25, 0.3) is 0 Å². The molecule has 18 heavy (non-hydrogen) atoms. The Bertz CT molecular complexity index is 450. The lowest BCUT2D eigenvalue weighted by Crippen LogP contribution is -2.31. The fraction of sp³-hybridized carbons (Fsp3) is 0.438. The predicted octanol–water partition coefficient (Wildman–Crippen LogP) is 3.31. The minimum Gasteiger partial charge on any atom is -0.350 e.